The van der Waals surface area contributed by atoms with Crippen LogP contribution >= 0.6 is 0 Å². The summed E-state index contributed by atoms with van der Waals surface area (Å²) in [5, 5.41) is 14.0. The average molecular weight is 608 g/mol. The Bertz CT molecular complexity index is 1850. The molecule has 0 amide bonds. The molecule has 45 heavy (non-hydrogen) atoms. The van der Waals surface area contributed by atoms with E-state index in [9.17, 15) is 19.1 Å². The first kappa shape index (κ1) is 31.4. The van der Waals surface area contributed by atoms with Gasteiger partial charge in [-0.3, -0.25) is 4.79 Å². The number of benzene rings is 4. The molecule has 0 fully saturated rings. The van der Waals surface area contributed by atoms with Crippen molar-refractivity contribution in [3.8, 4) is 28.3 Å². The molecule has 0 atom stereocenters. The summed E-state index contributed by atoms with van der Waals surface area (Å²) in [6, 6.07) is 27.7. The predicted molar refractivity (Wildman–Crippen MR) is 174 cm³/mol. The summed E-state index contributed by atoms with van der Waals surface area (Å²) in [6.45, 7) is 8.72. The summed E-state index contributed by atoms with van der Waals surface area (Å²) >= 11 is 0. The molecule has 0 unspecified atom stereocenters. The minimum Gasteiger partial charge on any atom is -0.494 e. The van der Waals surface area contributed by atoms with Crippen molar-refractivity contribution in [2.24, 2.45) is 0 Å². The molecule has 0 saturated carbocycles. The number of hydrogen-bond acceptors (Lipinski definition) is 4. The van der Waals surface area contributed by atoms with E-state index in [4.69, 9.17) is 4.74 Å². The number of aromatic nitrogens is 3. The van der Waals surface area contributed by atoms with Gasteiger partial charge in [0.05, 0.1) is 24.4 Å². The molecular weight excluding hydrogens is 569 g/mol. The van der Waals surface area contributed by atoms with Crippen LogP contribution in [0.25, 0.3) is 22.5 Å². The molecule has 0 aliphatic heterocycles. The van der Waals surface area contributed by atoms with Gasteiger partial charge in [-0.25, -0.2) is 13.8 Å². The second-order valence-corrected chi connectivity index (χ2v) is 12.1. The van der Waals surface area contributed by atoms with E-state index in [1.54, 1.807) is 18.2 Å². The summed E-state index contributed by atoms with van der Waals surface area (Å²) in [4.78, 5) is 25.0. The average Bonchev–Trinajstić information content (AvgIpc) is 3.33. The maximum Gasteiger partial charge on any atom is 0.355 e. The van der Waals surface area contributed by atoms with Gasteiger partial charge in [0.2, 0.25) is 0 Å². The molecule has 4 aromatic carbocycles. The topological polar surface area (TPSA) is 86.4 Å². The monoisotopic (exact) mass is 607 g/mol. The SMILES string of the molecule is CCOc1ccc(-c2ccc(CCCc3nn(-c4ccc(C(C)(C)C)cc4)c(=O)n3-c3ccccc3F)cc2)cc1CC(=O)O. The number of rotatable bonds is 11. The third-order valence-electron chi connectivity index (χ3n) is 7.77. The van der Waals surface area contributed by atoms with Gasteiger partial charge in [0.15, 0.2) is 0 Å². The molecule has 0 aliphatic rings. The lowest BCUT2D eigenvalue weighted by Gasteiger charge is -2.18. The van der Waals surface area contributed by atoms with Gasteiger partial charge in [-0.2, -0.15) is 4.68 Å². The van der Waals surface area contributed by atoms with Crippen LogP contribution in [0.15, 0.2) is 95.8 Å². The molecule has 5 rings (SSSR count). The highest BCUT2D eigenvalue weighted by Gasteiger charge is 2.20. The van der Waals surface area contributed by atoms with Crippen LogP contribution in [0, 0.1) is 5.82 Å². The Morgan fingerprint density at radius 2 is 1.60 bits per heavy atom. The van der Waals surface area contributed by atoms with Crippen LogP contribution in [0.4, 0.5) is 4.39 Å². The zero-order valence-corrected chi connectivity index (χ0v) is 26.1. The van der Waals surface area contributed by atoms with Gasteiger partial charge in [-0.1, -0.05) is 75.4 Å². The number of para-hydroxylation sites is 1. The van der Waals surface area contributed by atoms with E-state index in [1.807, 2.05) is 73.7 Å². The third-order valence-corrected chi connectivity index (χ3v) is 7.77. The fraction of sp³-hybridized carbons (Fsp3) is 0.270. The number of halogens is 1. The molecule has 1 heterocycles. The van der Waals surface area contributed by atoms with E-state index in [2.05, 4.69) is 25.9 Å². The maximum absolute atomic E-state index is 14.9. The molecule has 0 aliphatic carbocycles. The van der Waals surface area contributed by atoms with Crippen molar-refractivity contribution in [1.82, 2.24) is 14.3 Å². The summed E-state index contributed by atoms with van der Waals surface area (Å²) in [6.07, 6.45) is 1.78. The molecule has 1 N–H and O–H groups in total. The fourth-order valence-electron chi connectivity index (χ4n) is 5.39. The molecule has 0 bridgehead atoms. The van der Waals surface area contributed by atoms with Crippen LogP contribution in [-0.4, -0.2) is 32.0 Å². The van der Waals surface area contributed by atoms with Gasteiger partial charge < -0.3 is 9.84 Å². The molecule has 5 aromatic rings. The van der Waals surface area contributed by atoms with Gasteiger partial charge in [-0.05, 0) is 83.8 Å². The second-order valence-electron chi connectivity index (χ2n) is 12.1. The zero-order chi connectivity index (χ0) is 32.1. The van der Waals surface area contributed by atoms with E-state index >= 15 is 0 Å². The fourth-order valence-corrected chi connectivity index (χ4v) is 5.39. The van der Waals surface area contributed by atoms with E-state index in [0.717, 1.165) is 28.7 Å². The zero-order valence-electron chi connectivity index (χ0n) is 26.1. The Kier molecular flexibility index (Phi) is 9.32. The maximum atomic E-state index is 14.9. The number of carboxylic acids is 1. The van der Waals surface area contributed by atoms with Crippen molar-refractivity contribution >= 4 is 5.97 Å². The van der Waals surface area contributed by atoms with E-state index in [0.29, 0.717) is 42.3 Å². The predicted octanol–water partition coefficient (Wildman–Crippen LogP) is 7.33. The van der Waals surface area contributed by atoms with Crippen molar-refractivity contribution in [3.63, 3.8) is 0 Å². The summed E-state index contributed by atoms with van der Waals surface area (Å²) in [5.41, 5.74) is 5.12. The van der Waals surface area contributed by atoms with E-state index in [-0.39, 0.29) is 17.5 Å². The summed E-state index contributed by atoms with van der Waals surface area (Å²) in [5.74, 6) is -0.326. The number of hydrogen-bond donors (Lipinski definition) is 1. The molecule has 1 aromatic heterocycles. The lowest BCUT2D eigenvalue weighted by Crippen LogP contribution is -2.24. The number of aliphatic carboxylic acids is 1. The Morgan fingerprint density at radius 3 is 2.24 bits per heavy atom. The normalized spacial score (nSPS) is 11.5. The summed E-state index contributed by atoms with van der Waals surface area (Å²) in [7, 11) is 0. The van der Waals surface area contributed by atoms with Crippen molar-refractivity contribution < 1.29 is 19.0 Å². The van der Waals surface area contributed by atoms with Crippen molar-refractivity contribution in [3.05, 3.63) is 130 Å². The lowest BCUT2D eigenvalue weighted by atomic mass is 9.87. The van der Waals surface area contributed by atoms with Gasteiger partial charge in [-0.15, -0.1) is 5.10 Å². The first-order valence-electron chi connectivity index (χ1n) is 15.2. The molecule has 8 heteroatoms. The Morgan fingerprint density at radius 1 is 0.911 bits per heavy atom. The summed E-state index contributed by atoms with van der Waals surface area (Å²) < 4.78 is 23.2. The molecule has 0 saturated heterocycles. The van der Waals surface area contributed by atoms with Gasteiger partial charge in [0.1, 0.15) is 17.4 Å². The standard InChI is InChI=1S/C37H38FN3O4/c1-5-45-33-22-17-27(23-28(33)24-35(42)43)26-15-13-25(14-16-26)9-8-12-34-39-41(30-20-18-29(19-21-30)37(2,3)4)36(44)40(34)32-11-7-6-10-31(32)38/h6-7,10-11,13-23H,5,8-9,12,24H2,1-4H3,(H,42,43). The molecule has 0 spiro atoms. The number of ether oxygens (including phenoxy) is 1. The van der Waals surface area contributed by atoms with Crippen LogP contribution in [0.1, 0.15) is 56.6 Å². The number of carbonyl (C=O) groups is 1. The highest BCUT2D eigenvalue weighted by Crippen LogP contribution is 2.28. The Hall–Kier alpha value is -4.98. The third kappa shape index (κ3) is 7.23. The van der Waals surface area contributed by atoms with E-state index in [1.165, 1.54) is 15.3 Å². The largest absolute Gasteiger partial charge is 0.494 e. The number of aryl methyl sites for hydroxylation is 2. The van der Waals surface area contributed by atoms with Crippen LogP contribution < -0.4 is 10.4 Å². The molecular formula is C37H38FN3O4. The van der Waals surface area contributed by atoms with Gasteiger partial charge in [0.25, 0.3) is 0 Å². The van der Waals surface area contributed by atoms with Crippen molar-refractivity contribution in [2.45, 2.75) is 58.8 Å². The second kappa shape index (κ2) is 13.3. The lowest BCUT2D eigenvalue weighted by molar-refractivity contribution is -0.136. The van der Waals surface area contributed by atoms with Crippen LogP contribution in [0.3, 0.4) is 0 Å². The van der Waals surface area contributed by atoms with Crippen LogP contribution in [0.2, 0.25) is 0 Å². The molecule has 0 radical (unpaired) electrons. The highest BCUT2D eigenvalue weighted by atomic mass is 19.1. The number of carboxylic acid groups (broad SMARTS) is 1. The highest BCUT2D eigenvalue weighted by molar-refractivity contribution is 5.74. The quantitative estimate of drug-likeness (QED) is 0.170. The molecule has 232 valence electrons. The van der Waals surface area contributed by atoms with Crippen molar-refractivity contribution in [1.29, 1.82) is 0 Å². The number of nitrogens with zero attached hydrogens (tertiary/aromatic N) is 3. The van der Waals surface area contributed by atoms with Crippen molar-refractivity contribution in [2.75, 3.05) is 6.61 Å². The minimum atomic E-state index is -0.910. The van der Waals surface area contributed by atoms with Crippen LogP contribution in [0.5, 0.6) is 5.75 Å². The first-order chi connectivity index (χ1) is 21.5. The Labute approximate surface area is 262 Å². The minimum absolute atomic E-state index is 0.0309. The van der Waals surface area contributed by atoms with Crippen LogP contribution in [-0.2, 0) is 29.5 Å². The first-order valence-corrected chi connectivity index (χ1v) is 15.2. The van der Waals surface area contributed by atoms with Gasteiger partial charge >= 0.3 is 11.7 Å². The molecule has 7 nitrogen and oxygen atoms in total. The smallest absolute Gasteiger partial charge is 0.355 e. The van der Waals surface area contributed by atoms with Gasteiger partial charge in [0, 0.05) is 12.0 Å². The van der Waals surface area contributed by atoms with E-state index < -0.39 is 17.5 Å². The Balaban J connectivity index is 1.36.